The minimum absolute atomic E-state index is 0.117. The first-order valence-corrected chi connectivity index (χ1v) is 12.8. The lowest BCUT2D eigenvalue weighted by atomic mass is 9.63. The van der Waals surface area contributed by atoms with Crippen molar-refractivity contribution in [3.63, 3.8) is 0 Å². The minimum Gasteiger partial charge on any atom is -0.406 e. The van der Waals surface area contributed by atoms with Gasteiger partial charge >= 0.3 is 6.36 Å². The summed E-state index contributed by atoms with van der Waals surface area (Å²) in [6, 6.07) is 11.4. The summed E-state index contributed by atoms with van der Waals surface area (Å²) in [5, 5.41) is 3.28. The molecule has 1 aromatic heterocycles. The second-order valence-corrected chi connectivity index (χ2v) is 11.8. The zero-order chi connectivity index (χ0) is 26.3. The number of ether oxygens (including phenoxy) is 1. The number of nitrogens with one attached hydrogen (secondary N) is 2. The van der Waals surface area contributed by atoms with Crippen molar-refractivity contribution in [2.24, 2.45) is 10.8 Å². The van der Waals surface area contributed by atoms with Crippen LogP contribution in [0.2, 0.25) is 0 Å². The Kier molecular flexibility index (Phi) is 7.11. The summed E-state index contributed by atoms with van der Waals surface area (Å²) in [4.78, 5) is 4.82. The van der Waals surface area contributed by atoms with Gasteiger partial charge in [0.15, 0.2) is 0 Å². The van der Waals surface area contributed by atoms with Crippen LogP contribution in [0.1, 0.15) is 58.6 Å². The summed E-state index contributed by atoms with van der Waals surface area (Å²) in [7, 11) is 0. The van der Waals surface area contributed by atoms with Gasteiger partial charge in [0.05, 0.1) is 11.0 Å². The maximum Gasteiger partial charge on any atom is 0.573 e. The van der Waals surface area contributed by atoms with Crippen molar-refractivity contribution in [1.82, 2.24) is 14.3 Å². The van der Waals surface area contributed by atoms with Crippen LogP contribution in [-0.2, 0) is 17.8 Å². The molecule has 1 saturated carbocycles. The molecule has 1 unspecified atom stereocenters. The highest BCUT2D eigenvalue weighted by atomic mass is 32.2. The molecular formula is C25H31F3N4O3S. The Bertz CT molecular complexity index is 1240. The highest BCUT2D eigenvalue weighted by Gasteiger charge is 2.40. The van der Waals surface area contributed by atoms with E-state index in [0.717, 1.165) is 35.9 Å². The van der Waals surface area contributed by atoms with Gasteiger partial charge in [0.2, 0.25) is 17.2 Å². The zero-order valence-corrected chi connectivity index (χ0v) is 21.5. The topological polar surface area (TPSA) is 88.4 Å². The number of imidazole rings is 1. The SMILES string of the molecule is CC1(C)CC(n2c(Nc3ccc(OC(F)(F)F)cc3)nc3cc(CNS(=O)O)ccc32)CC(C)(C)C1. The van der Waals surface area contributed by atoms with Gasteiger partial charge in [-0.3, -0.25) is 4.55 Å². The van der Waals surface area contributed by atoms with Gasteiger partial charge in [-0.05, 0) is 72.1 Å². The molecule has 2 aromatic carbocycles. The fourth-order valence-electron chi connectivity index (χ4n) is 5.70. The second kappa shape index (κ2) is 9.68. The van der Waals surface area contributed by atoms with Crippen LogP contribution in [0.3, 0.4) is 0 Å². The van der Waals surface area contributed by atoms with Gasteiger partial charge in [-0.15, -0.1) is 13.2 Å². The van der Waals surface area contributed by atoms with Crippen LogP contribution in [0.25, 0.3) is 11.0 Å². The predicted molar refractivity (Wildman–Crippen MR) is 134 cm³/mol. The Hall–Kier alpha value is -2.63. The molecule has 1 atom stereocenters. The number of hydrogen-bond acceptors (Lipinski definition) is 4. The Morgan fingerprint density at radius 3 is 2.33 bits per heavy atom. The van der Waals surface area contributed by atoms with E-state index < -0.39 is 17.6 Å². The number of alkyl halides is 3. The first kappa shape index (κ1) is 26.4. The molecule has 3 N–H and O–H groups in total. The van der Waals surface area contributed by atoms with Crippen LogP contribution in [-0.4, -0.2) is 24.7 Å². The number of fused-ring (bicyclic) bond motifs is 1. The summed E-state index contributed by atoms with van der Waals surface area (Å²) < 4.78 is 66.3. The van der Waals surface area contributed by atoms with E-state index in [1.54, 1.807) is 0 Å². The van der Waals surface area contributed by atoms with E-state index in [9.17, 15) is 17.4 Å². The molecule has 7 nitrogen and oxygen atoms in total. The van der Waals surface area contributed by atoms with E-state index in [4.69, 9.17) is 9.54 Å². The Balaban J connectivity index is 1.72. The lowest BCUT2D eigenvalue weighted by molar-refractivity contribution is -0.274. The fourth-order valence-corrected chi connectivity index (χ4v) is 5.99. The van der Waals surface area contributed by atoms with Crippen LogP contribution in [0, 0.1) is 10.8 Å². The number of aromatic nitrogens is 2. The van der Waals surface area contributed by atoms with Gasteiger partial charge in [-0.1, -0.05) is 33.8 Å². The summed E-state index contributed by atoms with van der Waals surface area (Å²) in [6.07, 6.45) is -1.76. The van der Waals surface area contributed by atoms with Gasteiger partial charge in [0, 0.05) is 18.3 Å². The average molecular weight is 525 g/mol. The quantitative estimate of drug-likeness (QED) is 0.300. The molecule has 0 amide bonds. The maximum absolute atomic E-state index is 12.5. The molecular weight excluding hydrogens is 493 g/mol. The molecule has 196 valence electrons. The van der Waals surface area contributed by atoms with Crippen molar-refractivity contribution in [3.8, 4) is 5.75 Å². The van der Waals surface area contributed by atoms with Crippen molar-refractivity contribution in [1.29, 1.82) is 0 Å². The molecule has 1 heterocycles. The van der Waals surface area contributed by atoms with E-state index in [1.807, 2.05) is 18.2 Å². The highest BCUT2D eigenvalue weighted by molar-refractivity contribution is 7.77. The third kappa shape index (κ3) is 6.57. The van der Waals surface area contributed by atoms with Crippen LogP contribution >= 0.6 is 0 Å². The van der Waals surface area contributed by atoms with Crippen LogP contribution in [0.4, 0.5) is 24.8 Å². The van der Waals surface area contributed by atoms with Crippen molar-refractivity contribution >= 4 is 33.9 Å². The third-order valence-corrected chi connectivity index (χ3v) is 6.79. The maximum atomic E-state index is 12.5. The average Bonchev–Trinajstić information content (AvgIpc) is 3.07. The van der Waals surface area contributed by atoms with Crippen molar-refractivity contribution in [2.75, 3.05) is 5.32 Å². The molecule has 0 radical (unpaired) electrons. The van der Waals surface area contributed by atoms with Gasteiger partial charge in [0.25, 0.3) is 0 Å². The molecule has 11 heteroatoms. The second-order valence-electron chi connectivity index (χ2n) is 11.0. The highest BCUT2D eigenvalue weighted by Crippen LogP contribution is 2.51. The van der Waals surface area contributed by atoms with Gasteiger partial charge in [-0.2, -0.15) is 0 Å². The smallest absolute Gasteiger partial charge is 0.406 e. The molecule has 4 rings (SSSR count). The monoisotopic (exact) mass is 524 g/mol. The van der Waals surface area contributed by atoms with Gasteiger partial charge in [-0.25, -0.2) is 13.9 Å². The third-order valence-electron chi connectivity index (χ3n) is 6.40. The Labute approximate surface area is 210 Å². The standard InChI is InChI=1S/C25H31F3N4O3S/c1-23(2)12-18(13-24(3,4)15-23)32-21-10-5-16(14-29-36(33)34)11-20(21)31-22(32)30-17-6-8-19(9-7-17)35-25(26,27)28/h5-11,18,29H,12-15H2,1-4H3,(H,30,31)(H,33,34). The lowest BCUT2D eigenvalue weighted by Crippen LogP contribution is -2.35. The number of rotatable bonds is 7. The summed E-state index contributed by atoms with van der Waals surface area (Å²) in [5.74, 6) is 0.291. The van der Waals surface area contributed by atoms with E-state index in [2.05, 4.69) is 47.0 Å². The Morgan fingerprint density at radius 1 is 1.11 bits per heavy atom. The largest absolute Gasteiger partial charge is 0.573 e. The predicted octanol–water partition coefficient (Wildman–Crippen LogP) is 6.68. The van der Waals surface area contributed by atoms with Gasteiger partial charge < -0.3 is 14.6 Å². The molecule has 0 spiro atoms. The molecule has 36 heavy (non-hydrogen) atoms. The first-order valence-electron chi connectivity index (χ1n) is 11.7. The normalized spacial score (nSPS) is 18.8. The Morgan fingerprint density at radius 2 is 1.75 bits per heavy atom. The summed E-state index contributed by atoms with van der Waals surface area (Å²) in [5.41, 5.74) is 3.25. The van der Waals surface area contributed by atoms with E-state index >= 15 is 0 Å². The van der Waals surface area contributed by atoms with Crippen LogP contribution in [0.5, 0.6) is 5.75 Å². The molecule has 0 aliphatic heterocycles. The number of anilines is 2. The molecule has 3 aromatic rings. The van der Waals surface area contributed by atoms with E-state index in [0.29, 0.717) is 11.6 Å². The van der Waals surface area contributed by atoms with E-state index in [-0.39, 0.29) is 29.2 Å². The van der Waals surface area contributed by atoms with Crippen molar-refractivity contribution in [2.45, 2.75) is 65.9 Å². The first-order chi connectivity index (χ1) is 16.7. The lowest BCUT2D eigenvalue weighted by Gasteiger charge is -2.45. The van der Waals surface area contributed by atoms with Crippen molar-refractivity contribution in [3.05, 3.63) is 48.0 Å². The van der Waals surface area contributed by atoms with Crippen LogP contribution < -0.4 is 14.8 Å². The number of hydrogen-bond donors (Lipinski definition) is 3. The van der Waals surface area contributed by atoms with Gasteiger partial charge in [0.1, 0.15) is 5.75 Å². The number of halogens is 3. The molecule has 0 bridgehead atoms. The fraction of sp³-hybridized carbons (Fsp3) is 0.480. The van der Waals surface area contributed by atoms with Crippen LogP contribution in [0.15, 0.2) is 42.5 Å². The number of nitrogens with zero attached hydrogens (tertiary/aromatic N) is 2. The molecule has 1 aliphatic rings. The minimum atomic E-state index is -4.75. The molecule has 1 aliphatic carbocycles. The van der Waals surface area contributed by atoms with Crippen molar-refractivity contribution < 1.29 is 26.7 Å². The molecule has 0 saturated heterocycles. The molecule has 1 fully saturated rings. The zero-order valence-electron chi connectivity index (χ0n) is 20.6. The summed E-state index contributed by atoms with van der Waals surface area (Å²) >= 11 is -2.12. The number of benzene rings is 2. The van der Waals surface area contributed by atoms with E-state index in [1.165, 1.54) is 24.3 Å². The summed E-state index contributed by atoms with van der Waals surface area (Å²) in [6.45, 7) is 9.28.